The number of aliphatic carboxylic acids is 1. The van der Waals surface area contributed by atoms with Crippen LogP contribution in [0.3, 0.4) is 0 Å². The van der Waals surface area contributed by atoms with Crippen LogP contribution in [0.1, 0.15) is 13.8 Å². The van der Waals surface area contributed by atoms with Crippen molar-refractivity contribution in [1.29, 1.82) is 0 Å². The lowest BCUT2D eigenvalue weighted by atomic mass is 10.1. The molecule has 1 aliphatic rings. The summed E-state index contributed by atoms with van der Waals surface area (Å²) in [5.74, 6) is -2.12. The Kier molecular flexibility index (Phi) is 3.02. The summed E-state index contributed by atoms with van der Waals surface area (Å²) in [5, 5.41) is 12.1. The Morgan fingerprint density at radius 3 is 2.61 bits per heavy atom. The van der Waals surface area contributed by atoms with Crippen molar-refractivity contribution in [2.24, 2.45) is 17.3 Å². The van der Waals surface area contributed by atoms with Crippen LogP contribution in [0.4, 0.5) is 5.82 Å². The summed E-state index contributed by atoms with van der Waals surface area (Å²) < 4.78 is 0. The quantitative estimate of drug-likeness (QED) is 0.879. The van der Waals surface area contributed by atoms with Crippen LogP contribution in [0.5, 0.6) is 0 Å². The molecule has 2 atom stereocenters. The summed E-state index contributed by atoms with van der Waals surface area (Å²) in [5.41, 5.74) is -0.519. The molecule has 1 aliphatic carbocycles. The van der Waals surface area contributed by atoms with Crippen LogP contribution in [0.25, 0.3) is 0 Å². The Morgan fingerprint density at radius 1 is 1.44 bits per heavy atom. The third-order valence-electron chi connectivity index (χ3n) is 3.35. The third-order valence-corrected chi connectivity index (χ3v) is 3.58. The lowest BCUT2D eigenvalue weighted by Gasteiger charge is -2.05. The number of rotatable bonds is 3. The lowest BCUT2D eigenvalue weighted by Crippen LogP contribution is -2.18. The summed E-state index contributed by atoms with van der Waals surface area (Å²) in [4.78, 5) is 26.9. The first-order valence-corrected chi connectivity index (χ1v) is 5.87. The number of carboxylic acids is 1. The number of halogens is 1. The topological polar surface area (TPSA) is 79.3 Å². The summed E-state index contributed by atoms with van der Waals surface area (Å²) >= 11 is 5.77. The maximum atomic E-state index is 12.0. The number of nitrogens with one attached hydrogen (secondary N) is 1. The molecule has 1 amide bonds. The standard InChI is InChI=1S/C12H13ClN2O3/c1-12(2)8(9(12)11(17)18)10(16)15-7-5-6(13)3-4-14-7/h3-5,8-9H,1-2H3,(H,17,18)(H,14,15,16). The highest BCUT2D eigenvalue weighted by molar-refractivity contribution is 6.30. The van der Waals surface area contributed by atoms with Gasteiger partial charge in [-0.15, -0.1) is 0 Å². The zero-order valence-corrected chi connectivity index (χ0v) is 10.7. The second-order valence-electron chi connectivity index (χ2n) is 4.96. The number of pyridine rings is 1. The second kappa shape index (κ2) is 4.24. The van der Waals surface area contributed by atoms with Gasteiger partial charge in [-0.1, -0.05) is 25.4 Å². The maximum absolute atomic E-state index is 12.0. The van der Waals surface area contributed by atoms with Gasteiger partial charge in [-0.2, -0.15) is 0 Å². The molecule has 0 radical (unpaired) electrons. The van der Waals surface area contributed by atoms with E-state index in [1.807, 2.05) is 0 Å². The fourth-order valence-electron chi connectivity index (χ4n) is 2.27. The normalized spacial score (nSPS) is 24.4. The average Bonchev–Trinajstić information content (AvgIpc) is 2.81. The molecule has 6 heteroatoms. The summed E-state index contributed by atoms with van der Waals surface area (Å²) in [6, 6.07) is 3.11. The third kappa shape index (κ3) is 2.18. The van der Waals surface area contributed by atoms with Gasteiger partial charge in [-0.05, 0) is 17.5 Å². The van der Waals surface area contributed by atoms with Gasteiger partial charge in [0.15, 0.2) is 0 Å². The number of nitrogens with zero attached hydrogens (tertiary/aromatic N) is 1. The maximum Gasteiger partial charge on any atom is 0.307 e. The van der Waals surface area contributed by atoms with Crippen LogP contribution in [-0.4, -0.2) is 22.0 Å². The fraction of sp³-hybridized carbons (Fsp3) is 0.417. The lowest BCUT2D eigenvalue weighted by molar-refractivity contribution is -0.140. The van der Waals surface area contributed by atoms with Gasteiger partial charge >= 0.3 is 5.97 Å². The first kappa shape index (κ1) is 12.8. The highest BCUT2D eigenvalue weighted by atomic mass is 35.5. The van der Waals surface area contributed by atoms with Gasteiger partial charge in [0.25, 0.3) is 0 Å². The molecular formula is C12H13ClN2O3. The average molecular weight is 269 g/mol. The minimum absolute atomic E-state index is 0.331. The molecular weight excluding hydrogens is 256 g/mol. The van der Waals surface area contributed by atoms with Crippen LogP contribution in [0.2, 0.25) is 5.02 Å². The van der Waals surface area contributed by atoms with Crippen molar-refractivity contribution in [2.45, 2.75) is 13.8 Å². The Bertz CT molecular complexity index is 516. The molecule has 1 aromatic rings. The Balaban J connectivity index is 2.08. The van der Waals surface area contributed by atoms with Crippen molar-refractivity contribution >= 4 is 29.3 Å². The molecule has 0 aromatic carbocycles. The number of aromatic nitrogens is 1. The predicted molar refractivity (Wildman–Crippen MR) is 66.3 cm³/mol. The van der Waals surface area contributed by atoms with Crippen molar-refractivity contribution in [3.63, 3.8) is 0 Å². The highest BCUT2D eigenvalue weighted by Crippen LogP contribution is 2.58. The fourth-order valence-corrected chi connectivity index (χ4v) is 2.42. The Labute approximate surface area is 109 Å². The molecule has 2 unspecified atom stereocenters. The monoisotopic (exact) mass is 268 g/mol. The summed E-state index contributed by atoms with van der Waals surface area (Å²) in [6.07, 6.45) is 1.48. The number of hydrogen-bond donors (Lipinski definition) is 2. The Hall–Kier alpha value is -1.62. The van der Waals surface area contributed by atoms with Crippen molar-refractivity contribution in [2.75, 3.05) is 5.32 Å². The van der Waals surface area contributed by atoms with Gasteiger partial charge in [-0.3, -0.25) is 9.59 Å². The van der Waals surface area contributed by atoms with E-state index in [9.17, 15) is 9.59 Å². The SMILES string of the molecule is CC1(C)C(C(=O)O)C1C(=O)Nc1cc(Cl)ccn1. The van der Waals surface area contributed by atoms with Gasteiger partial charge in [0.2, 0.25) is 5.91 Å². The molecule has 2 N–H and O–H groups in total. The Morgan fingerprint density at radius 2 is 2.11 bits per heavy atom. The predicted octanol–water partition coefficient (Wildman–Crippen LogP) is 2.03. The van der Waals surface area contributed by atoms with Crippen LogP contribution < -0.4 is 5.32 Å². The van der Waals surface area contributed by atoms with Crippen molar-refractivity contribution in [3.8, 4) is 0 Å². The van der Waals surface area contributed by atoms with E-state index in [1.165, 1.54) is 12.3 Å². The van der Waals surface area contributed by atoms with Crippen LogP contribution in [0.15, 0.2) is 18.3 Å². The van der Waals surface area contributed by atoms with E-state index in [0.717, 1.165) is 0 Å². The number of carboxylic acid groups (broad SMARTS) is 1. The van der Waals surface area contributed by atoms with Gasteiger partial charge in [0, 0.05) is 11.2 Å². The van der Waals surface area contributed by atoms with Crippen LogP contribution in [-0.2, 0) is 9.59 Å². The number of carbonyl (C=O) groups is 2. The van der Waals surface area contributed by atoms with E-state index in [0.29, 0.717) is 10.8 Å². The molecule has 96 valence electrons. The molecule has 0 saturated heterocycles. The van der Waals surface area contributed by atoms with E-state index in [-0.39, 0.29) is 5.91 Å². The molecule has 18 heavy (non-hydrogen) atoms. The smallest absolute Gasteiger partial charge is 0.307 e. The zero-order chi connectivity index (χ0) is 13.5. The van der Waals surface area contributed by atoms with Crippen molar-refractivity contribution < 1.29 is 14.7 Å². The summed E-state index contributed by atoms with van der Waals surface area (Å²) in [7, 11) is 0. The van der Waals surface area contributed by atoms with Crippen LogP contribution >= 0.6 is 11.6 Å². The molecule has 2 rings (SSSR count). The number of hydrogen-bond acceptors (Lipinski definition) is 3. The first-order valence-electron chi connectivity index (χ1n) is 5.49. The van der Waals surface area contributed by atoms with Gasteiger partial charge in [-0.25, -0.2) is 4.98 Å². The largest absolute Gasteiger partial charge is 0.481 e. The van der Waals surface area contributed by atoms with E-state index in [1.54, 1.807) is 19.9 Å². The summed E-state index contributed by atoms with van der Waals surface area (Å²) in [6.45, 7) is 3.53. The minimum Gasteiger partial charge on any atom is -0.481 e. The zero-order valence-electron chi connectivity index (χ0n) is 9.98. The van der Waals surface area contributed by atoms with E-state index in [2.05, 4.69) is 10.3 Å². The minimum atomic E-state index is -0.945. The van der Waals surface area contributed by atoms with E-state index in [4.69, 9.17) is 16.7 Å². The van der Waals surface area contributed by atoms with Crippen LogP contribution in [0, 0.1) is 17.3 Å². The molecule has 1 heterocycles. The molecule has 1 saturated carbocycles. The van der Waals surface area contributed by atoms with E-state index < -0.39 is 23.2 Å². The second-order valence-corrected chi connectivity index (χ2v) is 5.40. The van der Waals surface area contributed by atoms with Gasteiger partial charge in [0.05, 0.1) is 11.8 Å². The van der Waals surface area contributed by atoms with Gasteiger partial charge < -0.3 is 10.4 Å². The molecule has 0 spiro atoms. The molecule has 0 aliphatic heterocycles. The number of anilines is 1. The molecule has 0 bridgehead atoms. The molecule has 5 nitrogen and oxygen atoms in total. The van der Waals surface area contributed by atoms with E-state index >= 15 is 0 Å². The number of carbonyl (C=O) groups excluding carboxylic acids is 1. The molecule has 1 fully saturated rings. The first-order chi connectivity index (χ1) is 8.34. The molecule has 1 aromatic heterocycles. The van der Waals surface area contributed by atoms with Crippen molar-refractivity contribution in [1.82, 2.24) is 4.98 Å². The number of amides is 1. The van der Waals surface area contributed by atoms with Crippen molar-refractivity contribution in [3.05, 3.63) is 23.4 Å². The highest BCUT2D eigenvalue weighted by Gasteiger charge is 2.65. The van der Waals surface area contributed by atoms with Gasteiger partial charge in [0.1, 0.15) is 5.82 Å².